The van der Waals surface area contributed by atoms with Crippen LogP contribution in [0.25, 0.3) is 0 Å². The van der Waals surface area contributed by atoms with Crippen LogP contribution in [-0.4, -0.2) is 29.8 Å². The summed E-state index contributed by atoms with van der Waals surface area (Å²) in [5, 5.41) is 0. The highest BCUT2D eigenvalue weighted by Crippen LogP contribution is 2.39. The average Bonchev–Trinajstić information content (AvgIpc) is 0.874. The molecule has 25 heteroatoms. The molecule has 10 nitrogen and oxygen atoms in total. The number of hydrogen-bond donors (Lipinski definition) is 5. The van der Waals surface area contributed by atoms with Crippen LogP contribution in [-0.2, 0) is 24.0 Å². The predicted octanol–water partition coefficient (Wildman–Crippen LogP) is 25.8. The normalized spacial score (nSPS) is 21.0. The summed E-state index contributed by atoms with van der Waals surface area (Å²) in [6, 6.07) is 21.5. The molecule has 5 fully saturated rings. The van der Waals surface area contributed by atoms with Gasteiger partial charge < -0.3 is 23.7 Å². The van der Waals surface area contributed by atoms with Crippen molar-refractivity contribution in [2.45, 2.75) is 284 Å². The van der Waals surface area contributed by atoms with Crippen LogP contribution in [0, 0.1) is 88.3 Å². The molecule has 5 aromatic carbocycles. The van der Waals surface area contributed by atoms with Crippen LogP contribution in [0.4, 0.5) is 45.5 Å². The minimum atomic E-state index is -0.466. The maximum absolute atomic E-state index is 13.4. The van der Waals surface area contributed by atoms with Crippen LogP contribution >= 0.6 is 63.1 Å². The molecule has 5 aliphatic carbocycles. The minimum absolute atomic E-state index is 0. The van der Waals surface area contributed by atoms with Gasteiger partial charge in [-0.15, -0.1) is 63.1 Å². The number of carbonyl (C=O) groups is 5. The van der Waals surface area contributed by atoms with E-state index >= 15 is 0 Å². The van der Waals surface area contributed by atoms with Gasteiger partial charge in [0.05, 0.1) is 29.6 Å². The van der Waals surface area contributed by atoms with Crippen LogP contribution in [0.2, 0.25) is 0 Å². The second kappa shape index (κ2) is 55.9. The molecule has 0 spiro atoms. The molecule has 5 aliphatic rings. The summed E-state index contributed by atoms with van der Waals surface area (Å²) >= 11 is 19.8. The van der Waals surface area contributed by atoms with E-state index in [1.54, 1.807) is 30.3 Å². The van der Waals surface area contributed by atoms with Gasteiger partial charge in [0.1, 0.15) is 57.8 Å². The first kappa shape index (κ1) is 103. The first-order valence-corrected chi connectivity index (χ1v) is 41.2. The zero-order valence-corrected chi connectivity index (χ0v) is 68.9. The lowest BCUT2D eigenvalue weighted by Gasteiger charge is -2.27. The van der Waals surface area contributed by atoms with Gasteiger partial charge in [0.15, 0.2) is 0 Å². The number of carbonyl (C=O) groups excluding carboxylic acids is 5. The number of ether oxygens (including phenoxy) is 5. The van der Waals surface area contributed by atoms with E-state index in [0.717, 1.165) is 158 Å². The molecule has 0 heterocycles. The number of rotatable bonds is 25. The fourth-order valence-corrected chi connectivity index (χ4v) is 15.3. The molecule has 0 saturated heterocycles. The molecule has 0 aromatic heterocycles. The summed E-state index contributed by atoms with van der Waals surface area (Å²) in [7, 11) is 0. The number of benzene rings is 5. The van der Waals surface area contributed by atoms with Crippen molar-refractivity contribution in [2.75, 3.05) is 0 Å². The van der Waals surface area contributed by atoms with Gasteiger partial charge in [-0.1, -0.05) is 131 Å². The standard InChI is InChI=1S/5C17H23FO2S.5FH/c5*1-2-3-4-12-5-7-13(8-6-12)17(19)20-14-9-10-16(21)15(18)11-14;;;;;/h5*9-13,21H,2-8H2,1H3;5*1H. The Balaban J connectivity index is 0.000000680. The van der Waals surface area contributed by atoms with Crippen molar-refractivity contribution in [1.82, 2.24) is 0 Å². The van der Waals surface area contributed by atoms with Crippen LogP contribution < -0.4 is 23.7 Å². The Morgan fingerprint density at radius 3 is 0.518 bits per heavy atom. The second-order valence-electron chi connectivity index (χ2n) is 29.5. The second-order valence-corrected chi connectivity index (χ2v) is 31.9. The fourth-order valence-electron chi connectivity index (χ4n) is 14.7. The summed E-state index contributed by atoms with van der Waals surface area (Å²) in [6.07, 6.45) is 38.8. The maximum Gasteiger partial charge on any atom is 0.314 e. The van der Waals surface area contributed by atoms with E-state index < -0.39 is 29.1 Å². The van der Waals surface area contributed by atoms with Gasteiger partial charge in [0.25, 0.3) is 0 Å². The molecular weight excluding hydrogens is 1530 g/mol. The summed E-state index contributed by atoms with van der Waals surface area (Å²) in [5.41, 5.74) is 0. The predicted molar refractivity (Wildman–Crippen MR) is 434 cm³/mol. The Morgan fingerprint density at radius 1 is 0.264 bits per heavy atom. The summed E-state index contributed by atoms with van der Waals surface area (Å²) in [6.45, 7) is 11.0. The van der Waals surface area contributed by atoms with Gasteiger partial charge >= 0.3 is 29.8 Å². The van der Waals surface area contributed by atoms with Gasteiger partial charge in [-0.25, -0.2) is 22.0 Å². The highest BCUT2D eigenvalue weighted by Gasteiger charge is 2.33. The molecule has 5 saturated carbocycles. The number of halogens is 10. The highest BCUT2D eigenvalue weighted by atomic mass is 32.1. The molecule has 620 valence electrons. The third-order valence-electron chi connectivity index (χ3n) is 21.4. The van der Waals surface area contributed by atoms with Crippen LogP contribution in [0.3, 0.4) is 0 Å². The number of esters is 5. The third kappa shape index (κ3) is 36.8. The lowest BCUT2D eigenvalue weighted by Crippen LogP contribution is -2.25. The van der Waals surface area contributed by atoms with Gasteiger partial charge in [-0.3, -0.25) is 47.5 Å². The monoisotopic (exact) mass is 1650 g/mol. The zero-order chi connectivity index (χ0) is 76.2. The van der Waals surface area contributed by atoms with E-state index in [1.807, 2.05) is 0 Å². The highest BCUT2D eigenvalue weighted by molar-refractivity contribution is 7.81. The van der Waals surface area contributed by atoms with Crippen LogP contribution in [0.5, 0.6) is 28.7 Å². The van der Waals surface area contributed by atoms with Crippen molar-refractivity contribution >= 4 is 93.0 Å². The first-order valence-electron chi connectivity index (χ1n) is 39.0. The number of unbranched alkanes of at least 4 members (excludes halogenated alkanes) is 5. The molecule has 10 rings (SSSR count). The van der Waals surface area contributed by atoms with E-state index in [2.05, 4.69) is 97.8 Å². The number of hydrogen-bond acceptors (Lipinski definition) is 15. The molecule has 0 aliphatic heterocycles. The lowest BCUT2D eigenvalue weighted by molar-refractivity contribution is -0.141. The van der Waals surface area contributed by atoms with E-state index in [9.17, 15) is 45.9 Å². The number of thiol groups is 5. The molecule has 110 heavy (non-hydrogen) atoms. The Kier molecular flexibility index (Phi) is 52.1. The average molecular weight is 1650 g/mol. The molecule has 0 N–H and O–H groups in total. The molecule has 0 radical (unpaired) electrons. The third-order valence-corrected chi connectivity index (χ3v) is 23.2. The van der Waals surface area contributed by atoms with Crippen molar-refractivity contribution in [2.24, 2.45) is 59.2 Å². The fraction of sp³-hybridized carbons (Fsp3) is 0.588. The van der Waals surface area contributed by atoms with Crippen molar-refractivity contribution in [3.63, 3.8) is 0 Å². The summed E-state index contributed by atoms with van der Waals surface area (Å²) in [5.74, 6) is 1.47. The molecule has 5 aromatic rings. The van der Waals surface area contributed by atoms with Gasteiger partial charge in [0, 0.05) is 54.8 Å². The van der Waals surface area contributed by atoms with Gasteiger partial charge in [-0.05, 0) is 219 Å². The van der Waals surface area contributed by atoms with E-state index in [1.165, 1.54) is 157 Å². The maximum atomic E-state index is 13.4. The summed E-state index contributed by atoms with van der Waals surface area (Å²) in [4.78, 5) is 61.9. The topological polar surface area (TPSA) is 132 Å². The Labute approximate surface area is 673 Å². The summed E-state index contributed by atoms with van der Waals surface area (Å²) < 4.78 is 93.3. The van der Waals surface area contributed by atoms with Crippen molar-refractivity contribution in [1.29, 1.82) is 0 Å². The van der Waals surface area contributed by atoms with E-state index in [4.69, 9.17) is 23.7 Å². The molecule has 0 amide bonds. The Hall–Kier alpha value is -5.50. The quantitative estimate of drug-likeness (QED) is 0.0167. The van der Waals surface area contributed by atoms with Gasteiger partial charge in [-0.2, -0.15) is 0 Å². The van der Waals surface area contributed by atoms with E-state index in [0.29, 0.717) is 0 Å². The Morgan fingerprint density at radius 2 is 0.400 bits per heavy atom. The van der Waals surface area contributed by atoms with Crippen LogP contribution in [0.1, 0.15) is 259 Å². The van der Waals surface area contributed by atoms with Crippen molar-refractivity contribution < 1.29 is 93.1 Å². The first-order chi connectivity index (χ1) is 50.5. The van der Waals surface area contributed by atoms with Crippen molar-refractivity contribution in [3.05, 3.63) is 120 Å². The van der Waals surface area contributed by atoms with Crippen LogP contribution in [0.15, 0.2) is 115 Å². The smallest absolute Gasteiger partial charge is 0.314 e. The lowest BCUT2D eigenvalue weighted by atomic mass is 9.80. The SMILES string of the molecule is CCCCC1CCC(C(=O)Oc2ccc(S)c(F)c2)CC1.CCCCC1CCC(C(=O)Oc2ccc(S)c(F)c2)CC1.CCCCC1CCC(C(=O)Oc2ccc(S)c(F)c2)CC1.CCCCC1CCC(C(=O)Oc2ccc(S)c(F)c2)CC1.CCCCC1CCC(C(=O)Oc2ccc(S)c(F)c2)CC1.F.F.F.F.F. The largest absolute Gasteiger partial charge is 0.426 e. The molecule has 0 atom stereocenters. The minimum Gasteiger partial charge on any atom is -0.426 e. The molecule has 0 bridgehead atoms. The Bertz CT molecular complexity index is 2950. The molecular formula is C85H120F10O10S5. The molecule has 0 unspecified atom stereocenters. The van der Waals surface area contributed by atoms with Gasteiger partial charge in [0.2, 0.25) is 0 Å². The zero-order valence-electron chi connectivity index (χ0n) is 64.4. The van der Waals surface area contributed by atoms with Crippen molar-refractivity contribution in [3.8, 4) is 28.7 Å². The van der Waals surface area contributed by atoms with E-state index in [-0.39, 0.29) is 136 Å².